The lowest BCUT2D eigenvalue weighted by Crippen LogP contribution is -2.21. The van der Waals surface area contributed by atoms with E-state index in [4.69, 9.17) is 10.4 Å². The van der Waals surface area contributed by atoms with Gasteiger partial charge in [-0.3, -0.25) is 9.00 Å². The van der Waals surface area contributed by atoms with E-state index >= 15 is 0 Å². The number of hydrogen-bond acceptors (Lipinski definition) is 3. The zero-order valence-electron chi connectivity index (χ0n) is 9.32. The molecule has 0 aromatic carbocycles. The van der Waals surface area contributed by atoms with E-state index in [0.717, 1.165) is 0 Å². The maximum atomic E-state index is 11.5. The molecule has 5 heteroatoms. The lowest BCUT2D eigenvalue weighted by Gasteiger charge is -2.14. The van der Waals surface area contributed by atoms with Gasteiger partial charge in [-0.05, 0) is 20.3 Å². The number of nitriles is 1. The Bertz CT molecular complexity index is 294. The predicted molar refractivity (Wildman–Crippen MR) is 58.7 cm³/mol. The molecule has 1 N–H and O–H groups in total. The third-order valence-corrected chi connectivity index (χ3v) is 3.65. The third-order valence-electron chi connectivity index (χ3n) is 2.11. The third kappa shape index (κ3) is 6.24. The van der Waals surface area contributed by atoms with Crippen LogP contribution in [0.1, 0.15) is 27.2 Å². The van der Waals surface area contributed by atoms with Gasteiger partial charge in [0.2, 0.25) is 0 Å². The standard InChI is InChI=1S/C10H17NO3S/c1-8(9(12)13)6-15(14)5-4-10(2,3)7-11/h8H,4-6H2,1-3H3,(H,12,13). The van der Waals surface area contributed by atoms with Crippen molar-refractivity contribution in [1.29, 1.82) is 5.26 Å². The average Bonchev–Trinajstić information content (AvgIpc) is 2.15. The molecular formula is C10H17NO3S. The summed E-state index contributed by atoms with van der Waals surface area (Å²) in [7, 11) is -1.15. The van der Waals surface area contributed by atoms with Crippen molar-refractivity contribution < 1.29 is 14.1 Å². The van der Waals surface area contributed by atoms with Crippen LogP contribution in [0.4, 0.5) is 0 Å². The normalized spacial score (nSPS) is 15.3. The van der Waals surface area contributed by atoms with Gasteiger partial charge in [0.25, 0.3) is 0 Å². The highest BCUT2D eigenvalue weighted by atomic mass is 32.2. The highest BCUT2D eigenvalue weighted by Gasteiger charge is 2.20. The van der Waals surface area contributed by atoms with Crippen molar-refractivity contribution in [2.45, 2.75) is 27.2 Å². The van der Waals surface area contributed by atoms with E-state index in [1.165, 1.54) is 6.92 Å². The summed E-state index contributed by atoms with van der Waals surface area (Å²) in [4.78, 5) is 10.5. The maximum absolute atomic E-state index is 11.5. The molecule has 0 aliphatic heterocycles. The van der Waals surface area contributed by atoms with Crippen LogP contribution in [0.3, 0.4) is 0 Å². The van der Waals surface area contributed by atoms with Gasteiger partial charge in [-0.1, -0.05) is 6.92 Å². The Balaban J connectivity index is 3.97. The van der Waals surface area contributed by atoms with E-state index in [1.54, 1.807) is 13.8 Å². The summed E-state index contributed by atoms with van der Waals surface area (Å²) in [6, 6.07) is 2.12. The van der Waals surface area contributed by atoms with Crippen LogP contribution in [0.15, 0.2) is 0 Å². The van der Waals surface area contributed by atoms with Crippen LogP contribution in [-0.4, -0.2) is 26.8 Å². The molecule has 0 amide bonds. The topological polar surface area (TPSA) is 78.2 Å². The van der Waals surface area contributed by atoms with Crippen molar-refractivity contribution in [3.05, 3.63) is 0 Å². The van der Waals surface area contributed by atoms with E-state index in [9.17, 15) is 9.00 Å². The first-order valence-electron chi connectivity index (χ1n) is 4.77. The Morgan fingerprint density at radius 2 is 2.13 bits per heavy atom. The number of hydrogen-bond donors (Lipinski definition) is 1. The molecule has 0 saturated heterocycles. The second-order valence-corrected chi connectivity index (χ2v) is 5.92. The zero-order valence-corrected chi connectivity index (χ0v) is 10.1. The summed E-state index contributed by atoms with van der Waals surface area (Å²) in [5.74, 6) is -0.964. The minimum absolute atomic E-state index is 0.164. The predicted octanol–water partition coefficient (Wildman–Crippen LogP) is 1.40. The number of aliphatic carboxylic acids is 1. The van der Waals surface area contributed by atoms with Crippen LogP contribution in [0, 0.1) is 22.7 Å². The van der Waals surface area contributed by atoms with E-state index in [-0.39, 0.29) is 5.75 Å². The van der Waals surface area contributed by atoms with E-state index in [1.807, 2.05) is 0 Å². The molecule has 0 radical (unpaired) electrons. The fourth-order valence-corrected chi connectivity index (χ4v) is 2.46. The fraction of sp³-hybridized carbons (Fsp3) is 0.800. The minimum atomic E-state index is -1.15. The van der Waals surface area contributed by atoms with Crippen LogP contribution in [0.5, 0.6) is 0 Å². The van der Waals surface area contributed by atoms with Gasteiger partial charge in [0.15, 0.2) is 0 Å². The maximum Gasteiger partial charge on any atom is 0.307 e. The summed E-state index contributed by atoms with van der Waals surface area (Å²) < 4.78 is 11.5. The number of carbonyl (C=O) groups is 1. The Labute approximate surface area is 92.7 Å². The van der Waals surface area contributed by atoms with E-state index in [0.29, 0.717) is 12.2 Å². The number of rotatable bonds is 6. The molecular weight excluding hydrogens is 214 g/mol. The molecule has 0 aliphatic rings. The van der Waals surface area contributed by atoms with Crippen molar-refractivity contribution in [3.8, 4) is 6.07 Å². The van der Waals surface area contributed by atoms with Gasteiger partial charge in [-0.2, -0.15) is 5.26 Å². The smallest absolute Gasteiger partial charge is 0.307 e. The van der Waals surface area contributed by atoms with Gasteiger partial charge in [0, 0.05) is 22.3 Å². The van der Waals surface area contributed by atoms with Gasteiger partial charge in [-0.25, -0.2) is 0 Å². The Morgan fingerprint density at radius 3 is 2.53 bits per heavy atom. The van der Waals surface area contributed by atoms with Crippen LogP contribution in [0.25, 0.3) is 0 Å². The Hall–Kier alpha value is -0.890. The summed E-state index contributed by atoms with van der Waals surface area (Å²) in [6.45, 7) is 5.10. The van der Waals surface area contributed by atoms with Gasteiger partial charge in [0.05, 0.1) is 17.4 Å². The number of nitrogens with zero attached hydrogens (tertiary/aromatic N) is 1. The largest absolute Gasteiger partial charge is 0.481 e. The quantitative estimate of drug-likeness (QED) is 0.749. The second-order valence-electron chi connectivity index (χ2n) is 4.30. The number of carboxylic acid groups (broad SMARTS) is 1. The zero-order chi connectivity index (χ0) is 12.1. The molecule has 0 spiro atoms. The molecule has 2 atom stereocenters. The van der Waals surface area contributed by atoms with Crippen molar-refractivity contribution in [3.63, 3.8) is 0 Å². The first-order chi connectivity index (χ1) is 6.78. The average molecular weight is 231 g/mol. The molecule has 0 aromatic rings. The molecule has 4 nitrogen and oxygen atoms in total. The van der Waals surface area contributed by atoms with Crippen molar-refractivity contribution in [2.24, 2.45) is 11.3 Å². The van der Waals surface area contributed by atoms with Gasteiger partial charge in [-0.15, -0.1) is 0 Å². The molecule has 0 aromatic heterocycles. The van der Waals surface area contributed by atoms with Crippen LogP contribution >= 0.6 is 0 Å². The molecule has 0 aliphatic carbocycles. The highest BCUT2D eigenvalue weighted by Crippen LogP contribution is 2.19. The van der Waals surface area contributed by atoms with Gasteiger partial charge < -0.3 is 5.11 Å². The van der Waals surface area contributed by atoms with Gasteiger partial charge in [0.1, 0.15) is 0 Å². The van der Waals surface area contributed by atoms with E-state index in [2.05, 4.69) is 6.07 Å². The molecule has 86 valence electrons. The Kier molecular flexibility index (Phi) is 5.51. The molecule has 0 saturated carbocycles. The molecule has 2 unspecified atom stereocenters. The second kappa shape index (κ2) is 5.86. The summed E-state index contributed by atoms with van der Waals surface area (Å²) in [6.07, 6.45) is 0.530. The summed E-state index contributed by atoms with van der Waals surface area (Å²) >= 11 is 0. The van der Waals surface area contributed by atoms with Crippen molar-refractivity contribution >= 4 is 16.8 Å². The first kappa shape index (κ1) is 14.1. The fourth-order valence-electron chi connectivity index (χ4n) is 0.858. The van der Waals surface area contributed by atoms with Crippen molar-refractivity contribution in [1.82, 2.24) is 0 Å². The number of carboxylic acids is 1. The van der Waals surface area contributed by atoms with Gasteiger partial charge >= 0.3 is 5.97 Å². The molecule has 15 heavy (non-hydrogen) atoms. The molecule has 0 heterocycles. The van der Waals surface area contributed by atoms with Crippen LogP contribution < -0.4 is 0 Å². The van der Waals surface area contributed by atoms with Crippen molar-refractivity contribution in [2.75, 3.05) is 11.5 Å². The molecule has 0 bridgehead atoms. The minimum Gasteiger partial charge on any atom is -0.481 e. The Morgan fingerprint density at radius 1 is 1.60 bits per heavy atom. The SMILES string of the molecule is CC(CS(=O)CCC(C)(C)C#N)C(=O)O. The first-order valence-corrected chi connectivity index (χ1v) is 6.26. The highest BCUT2D eigenvalue weighted by molar-refractivity contribution is 7.85. The summed E-state index contributed by atoms with van der Waals surface area (Å²) in [5, 5.41) is 17.4. The lowest BCUT2D eigenvalue weighted by atomic mass is 9.93. The van der Waals surface area contributed by atoms with Crippen LogP contribution in [-0.2, 0) is 15.6 Å². The molecule has 0 rings (SSSR count). The molecule has 0 fully saturated rings. The monoisotopic (exact) mass is 231 g/mol. The lowest BCUT2D eigenvalue weighted by molar-refractivity contribution is -0.140. The van der Waals surface area contributed by atoms with Crippen LogP contribution in [0.2, 0.25) is 0 Å². The van der Waals surface area contributed by atoms with E-state index < -0.39 is 28.1 Å². The summed E-state index contributed by atoms with van der Waals surface area (Å²) in [5.41, 5.74) is -0.484.